The first-order valence-corrected chi connectivity index (χ1v) is 10.1. The third-order valence-corrected chi connectivity index (χ3v) is 6.37. The molecule has 0 aliphatic carbocycles. The lowest BCUT2D eigenvalue weighted by atomic mass is 10.0. The monoisotopic (exact) mass is 381 g/mol. The number of benzene rings is 1. The minimum Gasteiger partial charge on any atom is -0.379 e. The number of aryl methyl sites for hydroxylation is 1. The summed E-state index contributed by atoms with van der Waals surface area (Å²) >= 11 is 0. The Balaban J connectivity index is 2.18. The largest absolute Gasteiger partial charge is 0.379 e. The van der Waals surface area contributed by atoms with Crippen molar-refractivity contribution in [3.8, 4) is 0 Å². The molecule has 1 saturated heterocycles. The average molecular weight is 381 g/mol. The van der Waals surface area contributed by atoms with Gasteiger partial charge in [-0.15, -0.1) is 0 Å². The predicted octanol–water partition coefficient (Wildman–Crippen LogP) is 0.660. The number of sulfonamides is 1. The molecular formula is C17H23N3O5S. The topological polar surface area (TPSA) is 99.4 Å². The van der Waals surface area contributed by atoms with Crippen LogP contribution in [0, 0.1) is 0 Å². The van der Waals surface area contributed by atoms with Gasteiger partial charge < -0.3 is 4.74 Å². The molecule has 0 spiro atoms. The first-order chi connectivity index (χ1) is 12.2. The van der Waals surface area contributed by atoms with E-state index in [1.165, 1.54) is 22.8 Å². The summed E-state index contributed by atoms with van der Waals surface area (Å²) in [7, 11) is -3.83. The molecule has 1 aromatic heterocycles. The quantitative estimate of drug-likeness (QED) is 0.820. The Morgan fingerprint density at radius 1 is 1.19 bits per heavy atom. The normalized spacial score (nSPS) is 20.7. The Kier molecular flexibility index (Phi) is 4.80. The van der Waals surface area contributed by atoms with E-state index in [1.807, 2.05) is 0 Å². The molecule has 26 heavy (non-hydrogen) atoms. The molecule has 142 valence electrons. The van der Waals surface area contributed by atoms with Crippen molar-refractivity contribution in [1.82, 2.24) is 13.9 Å². The number of aromatic nitrogens is 2. The fourth-order valence-electron chi connectivity index (χ4n) is 3.29. The Hall–Kier alpha value is -1.97. The van der Waals surface area contributed by atoms with E-state index in [2.05, 4.69) is 4.72 Å². The summed E-state index contributed by atoms with van der Waals surface area (Å²) in [4.78, 5) is 25.1. The van der Waals surface area contributed by atoms with Crippen LogP contribution in [0.15, 0.2) is 32.7 Å². The van der Waals surface area contributed by atoms with Gasteiger partial charge in [0.05, 0.1) is 27.9 Å². The second-order valence-electron chi connectivity index (χ2n) is 6.72. The third kappa shape index (κ3) is 3.10. The van der Waals surface area contributed by atoms with Crippen LogP contribution in [0.2, 0.25) is 0 Å². The average Bonchev–Trinajstić information content (AvgIpc) is 3.00. The lowest BCUT2D eigenvalue weighted by molar-refractivity contribution is 0.178. The van der Waals surface area contributed by atoms with Gasteiger partial charge >= 0.3 is 5.69 Å². The van der Waals surface area contributed by atoms with E-state index in [1.54, 1.807) is 20.8 Å². The number of ether oxygens (including phenoxy) is 1. The molecule has 1 N–H and O–H groups in total. The summed E-state index contributed by atoms with van der Waals surface area (Å²) < 4.78 is 36.1. The van der Waals surface area contributed by atoms with Crippen molar-refractivity contribution < 1.29 is 13.2 Å². The van der Waals surface area contributed by atoms with E-state index < -0.39 is 26.8 Å². The zero-order chi connectivity index (χ0) is 19.1. The van der Waals surface area contributed by atoms with Crippen molar-refractivity contribution in [1.29, 1.82) is 0 Å². The standard InChI is InChI=1S/C17H23N3O5S/c1-4-19-14-7-6-12(10-13(14)15(21)20(5-2)16(19)22)26(23,24)18-17(3)8-9-25-11-17/h6-7,10,18H,4-5,8-9,11H2,1-3H3. The molecule has 1 aliphatic heterocycles. The summed E-state index contributed by atoms with van der Waals surface area (Å²) in [6, 6.07) is 4.28. The maximum absolute atomic E-state index is 12.8. The molecule has 0 radical (unpaired) electrons. The molecule has 1 fully saturated rings. The maximum atomic E-state index is 12.8. The van der Waals surface area contributed by atoms with Gasteiger partial charge in [-0.05, 0) is 45.4 Å². The van der Waals surface area contributed by atoms with Gasteiger partial charge in [-0.3, -0.25) is 13.9 Å². The Bertz CT molecular complexity index is 1060. The predicted molar refractivity (Wildman–Crippen MR) is 98.0 cm³/mol. The summed E-state index contributed by atoms with van der Waals surface area (Å²) in [5.74, 6) is 0. The van der Waals surface area contributed by atoms with E-state index in [4.69, 9.17) is 4.74 Å². The highest BCUT2D eigenvalue weighted by Crippen LogP contribution is 2.22. The number of hydrogen-bond donors (Lipinski definition) is 1. The molecule has 2 aromatic rings. The molecule has 0 amide bonds. The molecule has 1 aliphatic rings. The van der Waals surface area contributed by atoms with Gasteiger partial charge in [0, 0.05) is 19.7 Å². The van der Waals surface area contributed by atoms with Crippen LogP contribution in [0.4, 0.5) is 0 Å². The van der Waals surface area contributed by atoms with Crippen molar-refractivity contribution in [3.63, 3.8) is 0 Å². The SMILES string of the molecule is CCn1c(=O)c2cc(S(=O)(=O)NC3(C)CCOC3)ccc2n(CC)c1=O. The summed E-state index contributed by atoms with van der Waals surface area (Å²) in [5.41, 5.74) is -1.11. The molecule has 8 nitrogen and oxygen atoms in total. The minimum atomic E-state index is -3.83. The van der Waals surface area contributed by atoms with Gasteiger partial charge in [0.2, 0.25) is 10.0 Å². The second-order valence-corrected chi connectivity index (χ2v) is 8.41. The van der Waals surface area contributed by atoms with Crippen LogP contribution in [0.25, 0.3) is 10.9 Å². The van der Waals surface area contributed by atoms with E-state index in [0.717, 1.165) is 4.57 Å². The first kappa shape index (κ1) is 18.8. The fraction of sp³-hybridized carbons (Fsp3) is 0.529. The highest BCUT2D eigenvalue weighted by molar-refractivity contribution is 7.89. The molecule has 0 saturated carbocycles. The lowest BCUT2D eigenvalue weighted by Gasteiger charge is -2.23. The number of rotatable bonds is 5. The molecule has 1 atom stereocenters. The van der Waals surface area contributed by atoms with Crippen molar-refractivity contribution in [2.24, 2.45) is 0 Å². The van der Waals surface area contributed by atoms with Gasteiger partial charge in [0.15, 0.2) is 0 Å². The zero-order valence-electron chi connectivity index (χ0n) is 15.1. The van der Waals surface area contributed by atoms with Crippen molar-refractivity contribution in [2.45, 2.75) is 50.7 Å². The number of hydrogen-bond acceptors (Lipinski definition) is 5. The van der Waals surface area contributed by atoms with Gasteiger partial charge in [-0.2, -0.15) is 0 Å². The number of nitrogens with zero attached hydrogens (tertiary/aromatic N) is 2. The Morgan fingerprint density at radius 3 is 2.46 bits per heavy atom. The maximum Gasteiger partial charge on any atom is 0.331 e. The van der Waals surface area contributed by atoms with Crippen LogP contribution < -0.4 is 16.0 Å². The Labute approximate surface area is 151 Å². The second kappa shape index (κ2) is 6.64. The van der Waals surface area contributed by atoms with Gasteiger partial charge in [-0.1, -0.05) is 0 Å². The summed E-state index contributed by atoms with van der Waals surface area (Å²) in [6.45, 7) is 6.71. The smallest absolute Gasteiger partial charge is 0.331 e. The van der Waals surface area contributed by atoms with Crippen LogP contribution in [-0.4, -0.2) is 36.3 Å². The van der Waals surface area contributed by atoms with Crippen molar-refractivity contribution in [3.05, 3.63) is 39.0 Å². The number of fused-ring (bicyclic) bond motifs is 1. The molecular weight excluding hydrogens is 358 g/mol. The van der Waals surface area contributed by atoms with E-state index in [9.17, 15) is 18.0 Å². The highest BCUT2D eigenvalue weighted by Gasteiger charge is 2.34. The molecule has 3 rings (SSSR count). The highest BCUT2D eigenvalue weighted by atomic mass is 32.2. The Morgan fingerprint density at radius 2 is 1.88 bits per heavy atom. The van der Waals surface area contributed by atoms with Gasteiger partial charge in [0.25, 0.3) is 5.56 Å². The summed E-state index contributed by atoms with van der Waals surface area (Å²) in [6.07, 6.45) is 0.581. The van der Waals surface area contributed by atoms with Crippen molar-refractivity contribution in [2.75, 3.05) is 13.2 Å². The first-order valence-electron chi connectivity index (χ1n) is 8.61. The molecule has 9 heteroatoms. The minimum absolute atomic E-state index is 0.000759. The number of nitrogens with one attached hydrogen (secondary N) is 1. The fourth-order valence-corrected chi connectivity index (χ4v) is 4.73. The van der Waals surface area contributed by atoms with Crippen LogP contribution in [0.3, 0.4) is 0 Å². The van der Waals surface area contributed by atoms with Crippen LogP contribution in [0.1, 0.15) is 27.2 Å². The van der Waals surface area contributed by atoms with Crippen LogP contribution >= 0.6 is 0 Å². The lowest BCUT2D eigenvalue weighted by Crippen LogP contribution is -2.46. The summed E-state index contributed by atoms with van der Waals surface area (Å²) in [5, 5.41) is 0.212. The molecule has 1 unspecified atom stereocenters. The zero-order valence-corrected chi connectivity index (χ0v) is 15.9. The van der Waals surface area contributed by atoms with Gasteiger partial charge in [0.1, 0.15) is 0 Å². The van der Waals surface area contributed by atoms with E-state index in [0.29, 0.717) is 31.7 Å². The van der Waals surface area contributed by atoms with Crippen molar-refractivity contribution >= 4 is 20.9 Å². The molecule has 1 aromatic carbocycles. The van der Waals surface area contributed by atoms with E-state index >= 15 is 0 Å². The molecule has 2 heterocycles. The molecule has 0 bridgehead atoms. The van der Waals surface area contributed by atoms with E-state index in [-0.39, 0.29) is 16.8 Å². The van der Waals surface area contributed by atoms with Crippen LogP contribution in [-0.2, 0) is 27.8 Å². The van der Waals surface area contributed by atoms with Gasteiger partial charge in [-0.25, -0.2) is 17.9 Å². The van der Waals surface area contributed by atoms with Crippen LogP contribution in [0.5, 0.6) is 0 Å². The third-order valence-electron chi connectivity index (χ3n) is 4.74.